The Morgan fingerprint density at radius 1 is 1.06 bits per heavy atom. The predicted octanol–water partition coefficient (Wildman–Crippen LogP) is 4.35. The van der Waals surface area contributed by atoms with E-state index in [9.17, 15) is 0 Å². The van der Waals surface area contributed by atoms with E-state index in [1.807, 2.05) is 0 Å². The van der Waals surface area contributed by atoms with Crippen LogP contribution in [0.1, 0.15) is 0 Å². The average molecular weight is 262 g/mol. The molecule has 0 aliphatic heterocycles. The monoisotopic (exact) mass is 261 g/mol. The third-order valence-corrected chi connectivity index (χ3v) is 2.56. The van der Waals surface area contributed by atoms with Crippen LogP contribution in [0.2, 0.25) is 5.02 Å². The molecule has 92 valence electrons. The molecule has 2 aromatic rings. The predicted molar refractivity (Wildman–Crippen MR) is 73.0 cm³/mol. The van der Waals surface area contributed by atoms with Gasteiger partial charge in [-0.25, -0.2) is 0 Å². The van der Waals surface area contributed by atoms with E-state index in [1.54, 1.807) is 49.6 Å². The molecular formula is C13H12ClN3O. The van der Waals surface area contributed by atoms with Crippen molar-refractivity contribution in [2.45, 2.75) is 0 Å². The zero-order chi connectivity index (χ0) is 13.0. The van der Waals surface area contributed by atoms with Crippen LogP contribution in [0.4, 0.5) is 17.1 Å². The molecule has 0 aliphatic carbocycles. The molecule has 0 atom stereocenters. The Kier molecular flexibility index (Phi) is 3.79. The van der Waals surface area contributed by atoms with Crippen LogP contribution in [0.15, 0.2) is 52.7 Å². The summed E-state index contributed by atoms with van der Waals surface area (Å²) in [5.74, 6) is 0.590. The topological polar surface area (TPSA) is 60.0 Å². The van der Waals surface area contributed by atoms with Crippen molar-refractivity contribution in [2.75, 3.05) is 12.8 Å². The van der Waals surface area contributed by atoms with Gasteiger partial charge in [-0.1, -0.05) is 11.6 Å². The van der Waals surface area contributed by atoms with E-state index in [-0.39, 0.29) is 0 Å². The summed E-state index contributed by atoms with van der Waals surface area (Å²) < 4.78 is 5.18. The molecule has 0 aromatic heterocycles. The molecule has 0 saturated carbocycles. The molecule has 0 fully saturated rings. The minimum absolute atomic E-state index is 0.590. The summed E-state index contributed by atoms with van der Waals surface area (Å²) in [6, 6.07) is 12.3. The lowest BCUT2D eigenvalue weighted by atomic mass is 10.2. The lowest BCUT2D eigenvalue weighted by molar-refractivity contribution is 0.416. The number of methoxy groups -OCH3 is 1. The maximum atomic E-state index is 5.79. The molecule has 5 heteroatoms. The SMILES string of the molecule is COc1cc(N)ccc1N=Nc1ccc(Cl)cc1. The fourth-order valence-corrected chi connectivity index (χ4v) is 1.52. The molecule has 2 aromatic carbocycles. The third-order valence-electron chi connectivity index (χ3n) is 2.30. The maximum Gasteiger partial charge on any atom is 0.148 e. The number of hydrogen-bond acceptors (Lipinski definition) is 4. The van der Waals surface area contributed by atoms with E-state index in [0.29, 0.717) is 22.1 Å². The van der Waals surface area contributed by atoms with Gasteiger partial charge in [-0.05, 0) is 36.4 Å². The first-order valence-electron chi connectivity index (χ1n) is 5.30. The third kappa shape index (κ3) is 2.99. The van der Waals surface area contributed by atoms with Crippen LogP contribution in [-0.4, -0.2) is 7.11 Å². The number of nitrogens with zero attached hydrogens (tertiary/aromatic N) is 2. The highest BCUT2D eigenvalue weighted by molar-refractivity contribution is 6.30. The van der Waals surface area contributed by atoms with Crippen molar-refractivity contribution in [1.29, 1.82) is 0 Å². The van der Waals surface area contributed by atoms with E-state index < -0.39 is 0 Å². The van der Waals surface area contributed by atoms with Crippen LogP contribution in [0.3, 0.4) is 0 Å². The molecule has 0 aliphatic rings. The van der Waals surface area contributed by atoms with Gasteiger partial charge >= 0.3 is 0 Å². The molecular weight excluding hydrogens is 250 g/mol. The number of halogens is 1. The molecule has 4 nitrogen and oxygen atoms in total. The van der Waals surface area contributed by atoms with E-state index in [4.69, 9.17) is 22.1 Å². The molecule has 0 unspecified atom stereocenters. The van der Waals surface area contributed by atoms with Gasteiger partial charge in [-0.2, -0.15) is 5.11 Å². The molecule has 0 radical (unpaired) electrons. The van der Waals surface area contributed by atoms with E-state index in [2.05, 4.69) is 10.2 Å². The first-order chi connectivity index (χ1) is 8.69. The van der Waals surface area contributed by atoms with Gasteiger partial charge in [0.25, 0.3) is 0 Å². The number of benzene rings is 2. The highest BCUT2D eigenvalue weighted by Gasteiger charge is 2.01. The fourth-order valence-electron chi connectivity index (χ4n) is 1.40. The smallest absolute Gasteiger partial charge is 0.148 e. The van der Waals surface area contributed by atoms with E-state index in [1.165, 1.54) is 0 Å². The Labute approximate surface area is 110 Å². The standard InChI is InChI=1S/C13H12ClN3O/c1-18-13-8-10(15)4-7-12(13)17-16-11-5-2-9(14)3-6-11/h2-8H,15H2,1H3. The van der Waals surface area contributed by atoms with Crippen molar-refractivity contribution < 1.29 is 4.74 Å². The fraction of sp³-hybridized carbons (Fsp3) is 0.0769. The van der Waals surface area contributed by atoms with Crippen molar-refractivity contribution in [1.82, 2.24) is 0 Å². The summed E-state index contributed by atoms with van der Waals surface area (Å²) >= 11 is 5.79. The molecule has 0 amide bonds. The van der Waals surface area contributed by atoms with Crippen LogP contribution in [0.25, 0.3) is 0 Å². The van der Waals surface area contributed by atoms with Crippen LogP contribution in [0, 0.1) is 0 Å². The van der Waals surface area contributed by atoms with Gasteiger partial charge in [0, 0.05) is 16.8 Å². The number of nitrogen functional groups attached to an aromatic ring is 1. The Bertz CT molecular complexity index is 567. The van der Waals surface area contributed by atoms with Crippen LogP contribution >= 0.6 is 11.6 Å². The van der Waals surface area contributed by atoms with Crippen molar-refractivity contribution in [3.05, 3.63) is 47.5 Å². The minimum Gasteiger partial charge on any atom is -0.494 e. The summed E-state index contributed by atoms with van der Waals surface area (Å²) in [6.45, 7) is 0. The molecule has 0 saturated heterocycles. The molecule has 0 spiro atoms. The average Bonchev–Trinajstić information content (AvgIpc) is 2.39. The lowest BCUT2D eigenvalue weighted by Crippen LogP contribution is -1.87. The van der Waals surface area contributed by atoms with Gasteiger partial charge in [-0.3, -0.25) is 0 Å². The van der Waals surface area contributed by atoms with E-state index in [0.717, 1.165) is 5.69 Å². The zero-order valence-electron chi connectivity index (χ0n) is 9.80. The van der Waals surface area contributed by atoms with Gasteiger partial charge in [-0.15, -0.1) is 5.11 Å². The summed E-state index contributed by atoms with van der Waals surface area (Å²) in [7, 11) is 1.57. The summed E-state index contributed by atoms with van der Waals surface area (Å²) in [6.07, 6.45) is 0. The maximum absolute atomic E-state index is 5.79. The van der Waals surface area contributed by atoms with Gasteiger partial charge in [0.1, 0.15) is 11.4 Å². The zero-order valence-corrected chi connectivity index (χ0v) is 10.6. The molecule has 2 rings (SSSR count). The molecule has 0 heterocycles. The molecule has 0 bridgehead atoms. The summed E-state index contributed by atoms with van der Waals surface area (Å²) in [5.41, 5.74) is 7.63. The minimum atomic E-state index is 0.590. The van der Waals surface area contributed by atoms with E-state index >= 15 is 0 Å². The Morgan fingerprint density at radius 3 is 2.44 bits per heavy atom. The van der Waals surface area contributed by atoms with Crippen LogP contribution in [0.5, 0.6) is 5.75 Å². The highest BCUT2D eigenvalue weighted by Crippen LogP contribution is 2.30. The number of anilines is 1. The Morgan fingerprint density at radius 2 is 1.78 bits per heavy atom. The highest BCUT2D eigenvalue weighted by atomic mass is 35.5. The normalized spacial score (nSPS) is 10.8. The van der Waals surface area contributed by atoms with Gasteiger partial charge in [0.2, 0.25) is 0 Å². The van der Waals surface area contributed by atoms with Gasteiger partial charge < -0.3 is 10.5 Å². The summed E-state index contributed by atoms with van der Waals surface area (Å²) in [5, 5.41) is 8.89. The van der Waals surface area contributed by atoms with Crippen LogP contribution in [-0.2, 0) is 0 Å². The van der Waals surface area contributed by atoms with Crippen molar-refractivity contribution in [2.24, 2.45) is 10.2 Å². The second kappa shape index (κ2) is 5.51. The van der Waals surface area contributed by atoms with Crippen LogP contribution < -0.4 is 10.5 Å². The Balaban J connectivity index is 2.25. The number of hydrogen-bond donors (Lipinski definition) is 1. The lowest BCUT2D eigenvalue weighted by Gasteiger charge is -2.03. The van der Waals surface area contributed by atoms with Gasteiger partial charge in [0.15, 0.2) is 0 Å². The Hall–Kier alpha value is -2.07. The first-order valence-corrected chi connectivity index (χ1v) is 5.67. The number of azo groups is 1. The second-order valence-electron chi connectivity index (χ2n) is 3.61. The number of nitrogens with two attached hydrogens (primary N) is 1. The van der Waals surface area contributed by atoms with Crippen molar-refractivity contribution in [3.8, 4) is 5.75 Å². The van der Waals surface area contributed by atoms with Gasteiger partial charge in [0.05, 0.1) is 12.8 Å². The largest absolute Gasteiger partial charge is 0.494 e. The quantitative estimate of drug-likeness (QED) is 0.660. The number of rotatable bonds is 3. The second-order valence-corrected chi connectivity index (χ2v) is 4.04. The first kappa shape index (κ1) is 12.4. The molecule has 2 N–H and O–H groups in total. The molecule has 18 heavy (non-hydrogen) atoms. The number of ether oxygens (including phenoxy) is 1. The van der Waals surface area contributed by atoms with Crippen molar-refractivity contribution in [3.63, 3.8) is 0 Å². The van der Waals surface area contributed by atoms with Crippen molar-refractivity contribution >= 4 is 28.7 Å². The summed E-state index contributed by atoms with van der Waals surface area (Å²) in [4.78, 5) is 0.